The van der Waals surface area contributed by atoms with Crippen LogP contribution in [0.5, 0.6) is 0 Å². The number of fused-ring (bicyclic) bond motifs is 1. The van der Waals surface area contributed by atoms with Crippen LogP contribution >= 0.6 is 0 Å². The van der Waals surface area contributed by atoms with Gasteiger partial charge in [0.15, 0.2) is 0 Å². The molecule has 0 spiro atoms. The minimum Gasteiger partial charge on any atom is -0.393 e. The molecule has 0 bridgehead atoms. The second-order valence-electron chi connectivity index (χ2n) is 3.91. The highest BCUT2D eigenvalue weighted by molar-refractivity contribution is 5.98. The molecule has 2 aliphatic rings. The highest BCUT2D eigenvalue weighted by Crippen LogP contribution is 2.40. The van der Waals surface area contributed by atoms with Crippen molar-refractivity contribution in [3.63, 3.8) is 0 Å². The Morgan fingerprint density at radius 1 is 0.938 bits per heavy atom. The summed E-state index contributed by atoms with van der Waals surface area (Å²) in [5.41, 5.74) is 0. The summed E-state index contributed by atoms with van der Waals surface area (Å²) in [4.78, 5) is 23.0. The lowest BCUT2D eigenvalue weighted by atomic mass is 9.89. The van der Waals surface area contributed by atoms with Crippen molar-refractivity contribution in [3.8, 4) is 0 Å². The zero-order valence-electron chi connectivity index (χ0n) is 9.25. The summed E-state index contributed by atoms with van der Waals surface area (Å²) in [6, 6.07) is 0. The molecule has 16 heavy (non-hydrogen) atoms. The van der Waals surface area contributed by atoms with Crippen molar-refractivity contribution in [1.29, 1.82) is 0 Å². The van der Waals surface area contributed by atoms with Crippen LogP contribution in [0.15, 0.2) is 24.3 Å². The number of carbonyl (C=O) groups is 2. The Labute approximate surface area is 93.9 Å². The molecule has 0 aromatic carbocycles. The van der Waals surface area contributed by atoms with E-state index in [0.29, 0.717) is 0 Å². The van der Waals surface area contributed by atoms with E-state index in [1.165, 1.54) is 0 Å². The van der Waals surface area contributed by atoms with Gasteiger partial charge in [0.25, 0.3) is 0 Å². The largest absolute Gasteiger partial charge is 0.393 e. The molecule has 2 saturated heterocycles. The van der Waals surface area contributed by atoms with E-state index in [-0.39, 0.29) is 12.2 Å². The number of hydrogen-bond acceptors (Lipinski definition) is 4. The summed E-state index contributed by atoms with van der Waals surface area (Å²) in [5, 5.41) is 0. The Balaban J connectivity index is 2.30. The molecule has 2 rings (SSSR count). The summed E-state index contributed by atoms with van der Waals surface area (Å²) in [7, 11) is 0. The standard InChI is InChI=1S/C12H14O4/c1-3-5-7-9-10(8(15-7)6-4-2)12(14)16-11(9)13/h3-10H,1-2H3/b5-3-,6-4-/t7?,8?,9-,10+. The van der Waals surface area contributed by atoms with Crippen LogP contribution in [0, 0.1) is 11.8 Å². The van der Waals surface area contributed by atoms with Crippen molar-refractivity contribution in [3.05, 3.63) is 24.3 Å². The lowest BCUT2D eigenvalue weighted by molar-refractivity contribution is -0.156. The van der Waals surface area contributed by atoms with Crippen molar-refractivity contribution in [1.82, 2.24) is 0 Å². The van der Waals surface area contributed by atoms with Crippen LogP contribution in [0.25, 0.3) is 0 Å². The first-order chi connectivity index (χ1) is 7.69. The molecule has 2 heterocycles. The summed E-state index contributed by atoms with van der Waals surface area (Å²) >= 11 is 0. The zero-order valence-corrected chi connectivity index (χ0v) is 9.25. The number of esters is 2. The van der Waals surface area contributed by atoms with Gasteiger partial charge < -0.3 is 9.47 Å². The third-order valence-corrected chi connectivity index (χ3v) is 2.92. The van der Waals surface area contributed by atoms with Crippen LogP contribution in [0.4, 0.5) is 0 Å². The number of carbonyl (C=O) groups excluding carboxylic acids is 2. The van der Waals surface area contributed by atoms with E-state index in [9.17, 15) is 9.59 Å². The van der Waals surface area contributed by atoms with Crippen LogP contribution < -0.4 is 0 Å². The lowest BCUT2D eigenvalue weighted by Gasteiger charge is -2.10. The topological polar surface area (TPSA) is 52.6 Å². The molecule has 4 atom stereocenters. The maximum atomic E-state index is 11.5. The number of ether oxygens (including phenoxy) is 2. The van der Waals surface area contributed by atoms with E-state index in [1.807, 2.05) is 26.0 Å². The van der Waals surface area contributed by atoms with Crippen molar-refractivity contribution < 1.29 is 19.1 Å². The molecule has 0 aliphatic carbocycles. The molecule has 0 aromatic rings. The minimum absolute atomic E-state index is 0.352. The quantitative estimate of drug-likeness (QED) is 0.400. The van der Waals surface area contributed by atoms with Crippen LogP contribution in [-0.4, -0.2) is 24.1 Å². The Morgan fingerprint density at radius 3 is 1.75 bits per heavy atom. The van der Waals surface area contributed by atoms with Gasteiger partial charge in [0.05, 0.1) is 12.2 Å². The molecule has 4 heteroatoms. The van der Waals surface area contributed by atoms with E-state index in [1.54, 1.807) is 12.2 Å². The zero-order chi connectivity index (χ0) is 11.7. The van der Waals surface area contributed by atoms with Gasteiger partial charge in [-0.25, -0.2) is 0 Å². The first kappa shape index (κ1) is 11.1. The Hall–Kier alpha value is -1.42. The van der Waals surface area contributed by atoms with Crippen molar-refractivity contribution in [2.75, 3.05) is 0 Å². The summed E-state index contributed by atoms with van der Waals surface area (Å²) in [6.45, 7) is 3.70. The monoisotopic (exact) mass is 222 g/mol. The van der Waals surface area contributed by atoms with Gasteiger partial charge in [-0.15, -0.1) is 0 Å². The van der Waals surface area contributed by atoms with Gasteiger partial charge in [-0.2, -0.15) is 0 Å². The van der Waals surface area contributed by atoms with Gasteiger partial charge in [0, 0.05) is 0 Å². The van der Waals surface area contributed by atoms with Crippen molar-refractivity contribution in [2.45, 2.75) is 26.1 Å². The van der Waals surface area contributed by atoms with E-state index in [2.05, 4.69) is 4.74 Å². The molecule has 2 unspecified atom stereocenters. The van der Waals surface area contributed by atoms with Crippen LogP contribution in [-0.2, 0) is 19.1 Å². The smallest absolute Gasteiger partial charge is 0.320 e. The predicted molar refractivity (Wildman–Crippen MR) is 56.4 cm³/mol. The van der Waals surface area contributed by atoms with E-state index >= 15 is 0 Å². The highest BCUT2D eigenvalue weighted by atomic mass is 16.6. The van der Waals surface area contributed by atoms with Crippen LogP contribution in [0.2, 0.25) is 0 Å². The maximum Gasteiger partial charge on any atom is 0.320 e. The molecule has 0 radical (unpaired) electrons. The van der Waals surface area contributed by atoms with Gasteiger partial charge in [-0.05, 0) is 13.8 Å². The molecular formula is C12H14O4. The van der Waals surface area contributed by atoms with Crippen LogP contribution in [0.1, 0.15) is 13.8 Å². The molecule has 0 aromatic heterocycles. The third-order valence-electron chi connectivity index (χ3n) is 2.92. The summed E-state index contributed by atoms with van der Waals surface area (Å²) in [6.07, 6.45) is 6.51. The number of cyclic esters (lactones) is 2. The molecule has 2 aliphatic heterocycles. The fraction of sp³-hybridized carbons (Fsp3) is 0.500. The Morgan fingerprint density at radius 2 is 1.38 bits per heavy atom. The second-order valence-corrected chi connectivity index (χ2v) is 3.91. The molecular weight excluding hydrogens is 208 g/mol. The van der Waals surface area contributed by atoms with Gasteiger partial charge in [-0.3, -0.25) is 9.59 Å². The second kappa shape index (κ2) is 4.22. The first-order valence-corrected chi connectivity index (χ1v) is 5.35. The Bertz CT molecular complexity index is 335. The number of hydrogen-bond donors (Lipinski definition) is 0. The van der Waals surface area contributed by atoms with Gasteiger partial charge in [-0.1, -0.05) is 24.3 Å². The molecule has 2 fully saturated rings. The van der Waals surface area contributed by atoms with E-state index < -0.39 is 23.8 Å². The Kier molecular flexibility index (Phi) is 2.92. The number of allylic oxidation sites excluding steroid dienone is 2. The van der Waals surface area contributed by atoms with Crippen LogP contribution in [0.3, 0.4) is 0 Å². The van der Waals surface area contributed by atoms with Gasteiger partial charge >= 0.3 is 11.9 Å². The summed E-state index contributed by atoms with van der Waals surface area (Å²) in [5.74, 6) is -1.90. The average molecular weight is 222 g/mol. The fourth-order valence-electron chi connectivity index (χ4n) is 2.27. The predicted octanol–water partition coefficient (Wildman–Crippen LogP) is 1.22. The maximum absolute atomic E-state index is 11.5. The number of rotatable bonds is 2. The fourth-order valence-corrected chi connectivity index (χ4v) is 2.27. The third kappa shape index (κ3) is 1.59. The van der Waals surface area contributed by atoms with Crippen molar-refractivity contribution in [2.24, 2.45) is 11.8 Å². The molecule has 86 valence electrons. The normalized spacial score (nSPS) is 38.6. The van der Waals surface area contributed by atoms with Crippen molar-refractivity contribution >= 4 is 11.9 Å². The lowest BCUT2D eigenvalue weighted by Crippen LogP contribution is -2.23. The molecule has 0 N–H and O–H groups in total. The molecule has 0 amide bonds. The van der Waals surface area contributed by atoms with E-state index in [4.69, 9.17) is 4.74 Å². The molecule has 4 nitrogen and oxygen atoms in total. The first-order valence-electron chi connectivity index (χ1n) is 5.35. The summed E-state index contributed by atoms with van der Waals surface area (Å²) < 4.78 is 10.3. The minimum atomic E-state index is -0.482. The molecule has 0 saturated carbocycles. The average Bonchev–Trinajstić information content (AvgIpc) is 2.71. The van der Waals surface area contributed by atoms with Gasteiger partial charge in [0.2, 0.25) is 0 Å². The van der Waals surface area contributed by atoms with E-state index in [0.717, 1.165) is 0 Å². The highest BCUT2D eigenvalue weighted by Gasteiger charge is 2.57. The van der Waals surface area contributed by atoms with Gasteiger partial charge in [0.1, 0.15) is 11.8 Å². The SMILES string of the molecule is C/C=C\C1OC(/C=C\C)[C@@H]2C(=O)OC(=O)[C@H]12.